The van der Waals surface area contributed by atoms with E-state index >= 15 is 0 Å². The summed E-state index contributed by atoms with van der Waals surface area (Å²) in [7, 11) is 0. The van der Waals surface area contributed by atoms with Crippen LogP contribution in [0.3, 0.4) is 0 Å². The van der Waals surface area contributed by atoms with Crippen LogP contribution in [0.4, 0.5) is 13.2 Å². The molecule has 1 aliphatic heterocycles. The van der Waals surface area contributed by atoms with E-state index < -0.39 is 11.7 Å². The van der Waals surface area contributed by atoms with Crippen molar-refractivity contribution < 1.29 is 18.0 Å². The van der Waals surface area contributed by atoms with Crippen LogP contribution in [-0.4, -0.2) is 10.7 Å². The second-order valence-electron chi connectivity index (χ2n) is 6.15. The molecule has 2 aliphatic rings. The highest BCUT2D eigenvalue weighted by Gasteiger charge is 2.35. The second kappa shape index (κ2) is 6.22. The summed E-state index contributed by atoms with van der Waals surface area (Å²) in [5.41, 5.74) is 0.394. The highest BCUT2D eigenvalue weighted by atomic mass is 79.9. The lowest BCUT2D eigenvalue weighted by atomic mass is 9.93. The number of nitrogens with zero attached hydrogens (tertiary/aromatic N) is 1. The van der Waals surface area contributed by atoms with Gasteiger partial charge in [-0.3, -0.25) is 0 Å². The minimum atomic E-state index is -4.26. The maximum Gasteiger partial charge on any atom is 0.416 e. The van der Waals surface area contributed by atoms with Crippen molar-refractivity contribution in [1.29, 1.82) is 0 Å². The normalized spacial score (nSPS) is 28.5. The monoisotopic (exact) mass is 375 g/mol. The average molecular weight is 376 g/mol. The van der Waals surface area contributed by atoms with Gasteiger partial charge in [0.2, 0.25) is 0 Å². The third-order valence-corrected chi connectivity index (χ3v) is 5.04. The van der Waals surface area contributed by atoms with Gasteiger partial charge in [-0.15, -0.1) is 0 Å². The number of oxime groups is 1. The molecule has 0 saturated heterocycles. The molecule has 3 rings (SSSR count). The smallest absolute Gasteiger partial charge is 0.391 e. The molecule has 0 radical (unpaired) electrons. The Bertz CT molecular complexity index is 556. The quantitative estimate of drug-likeness (QED) is 0.714. The van der Waals surface area contributed by atoms with Gasteiger partial charge in [-0.2, -0.15) is 13.2 Å². The molecule has 3 atom stereocenters. The molecule has 1 aliphatic carbocycles. The van der Waals surface area contributed by atoms with Gasteiger partial charge in [0.1, 0.15) is 10.7 Å². The Hall–Kier alpha value is -1.04. The summed E-state index contributed by atoms with van der Waals surface area (Å²) >= 11 is 3.35. The molecule has 6 heteroatoms. The van der Waals surface area contributed by atoms with Crippen molar-refractivity contribution in [2.24, 2.45) is 17.0 Å². The van der Waals surface area contributed by atoms with Crippen LogP contribution < -0.4 is 0 Å². The summed E-state index contributed by atoms with van der Waals surface area (Å²) in [6, 6.07) is 5.55. The molecule has 1 heterocycles. The molecule has 2 unspecified atom stereocenters. The fraction of sp³-hybridized carbons (Fsp3) is 0.562. The van der Waals surface area contributed by atoms with E-state index in [1.54, 1.807) is 12.1 Å². The molecular weight excluding hydrogens is 359 g/mol. The summed E-state index contributed by atoms with van der Waals surface area (Å²) in [5.74, 6) is 1.02. The van der Waals surface area contributed by atoms with Gasteiger partial charge in [0, 0.05) is 6.42 Å². The van der Waals surface area contributed by atoms with Crippen molar-refractivity contribution in [3.63, 3.8) is 0 Å². The fourth-order valence-electron chi connectivity index (χ4n) is 3.42. The first kappa shape index (κ1) is 15.8. The van der Waals surface area contributed by atoms with Gasteiger partial charge in [0.25, 0.3) is 0 Å². The number of alkyl halides is 3. The Balaban J connectivity index is 1.54. The molecule has 1 aromatic rings. The van der Waals surface area contributed by atoms with Crippen LogP contribution in [-0.2, 0) is 17.4 Å². The predicted molar refractivity (Wildman–Crippen MR) is 81.8 cm³/mol. The van der Waals surface area contributed by atoms with Gasteiger partial charge in [0.05, 0.1) is 5.56 Å². The Labute approximate surface area is 135 Å². The maximum absolute atomic E-state index is 12.6. The first-order valence-electron chi connectivity index (χ1n) is 7.46. The Kier molecular flexibility index (Phi) is 4.48. The largest absolute Gasteiger partial charge is 0.416 e. The molecule has 0 amide bonds. The Morgan fingerprint density at radius 2 is 1.91 bits per heavy atom. The summed E-state index contributed by atoms with van der Waals surface area (Å²) in [6.07, 6.45) is 0.828. The minimum absolute atomic E-state index is 0.159. The molecule has 1 fully saturated rings. The molecule has 1 saturated carbocycles. The van der Waals surface area contributed by atoms with E-state index in [1.807, 2.05) is 0 Å². The molecule has 0 spiro atoms. The van der Waals surface area contributed by atoms with E-state index in [4.69, 9.17) is 4.84 Å². The molecule has 0 bridgehead atoms. The van der Waals surface area contributed by atoms with Crippen molar-refractivity contribution in [1.82, 2.24) is 0 Å². The summed E-state index contributed by atoms with van der Waals surface area (Å²) < 4.78 is 38.5. The van der Waals surface area contributed by atoms with E-state index in [9.17, 15) is 13.2 Å². The zero-order chi connectivity index (χ0) is 15.7. The topological polar surface area (TPSA) is 21.6 Å². The summed E-state index contributed by atoms with van der Waals surface area (Å²) in [5, 5.41) is 3.93. The van der Waals surface area contributed by atoms with Gasteiger partial charge >= 0.3 is 6.18 Å². The number of benzene rings is 1. The lowest BCUT2D eigenvalue weighted by molar-refractivity contribution is -0.137. The van der Waals surface area contributed by atoms with Gasteiger partial charge in [0.15, 0.2) is 0 Å². The van der Waals surface area contributed by atoms with E-state index in [0.29, 0.717) is 11.8 Å². The fourth-order valence-corrected chi connectivity index (χ4v) is 3.82. The molecular formula is C16H17BrF3NO. The Morgan fingerprint density at radius 1 is 1.18 bits per heavy atom. The lowest BCUT2D eigenvalue weighted by Crippen LogP contribution is -2.18. The van der Waals surface area contributed by atoms with Crippen LogP contribution in [0.2, 0.25) is 0 Å². The molecule has 22 heavy (non-hydrogen) atoms. The maximum atomic E-state index is 12.6. The van der Waals surface area contributed by atoms with E-state index in [2.05, 4.69) is 21.1 Å². The zero-order valence-electron chi connectivity index (χ0n) is 11.9. The van der Waals surface area contributed by atoms with Crippen molar-refractivity contribution in [2.75, 3.05) is 0 Å². The van der Waals surface area contributed by atoms with Crippen LogP contribution in [0.25, 0.3) is 0 Å². The average Bonchev–Trinajstić information content (AvgIpc) is 3.07. The zero-order valence-corrected chi connectivity index (χ0v) is 13.5. The minimum Gasteiger partial charge on any atom is -0.391 e. The van der Waals surface area contributed by atoms with Crippen molar-refractivity contribution in [3.8, 4) is 0 Å². The van der Waals surface area contributed by atoms with Gasteiger partial charge < -0.3 is 4.84 Å². The highest BCUT2D eigenvalue weighted by Crippen LogP contribution is 2.39. The standard InChI is InChI=1S/C16H17BrF3NO/c17-15-9-14(22-21-15)12-4-1-11(8-12)7-10-2-5-13(6-3-10)16(18,19)20/h2-3,5-6,11-12,14H,1,4,7-9H2/t11?,12-,14?/m1/s1. The summed E-state index contributed by atoms with van der Waals surface area (Å²) in [4.78, 5) is 5.42. The van der Waals surface area contributed by atoms with Gasteiger partial charge in [-0.05, 0) is 71.1 Å². The summed E-state index contributed by atoms with van der Waals surface area (Å²) in [6.45, 7) is 0. The molecule has 0 N–H and O–H groups in total. The van der Waals surface area contributed by atoms with Crippen LogP contribution in [0.15, 0.2) is 29.4 Å². The van der Waals surface area contributed by atoms with Crippen LogP contribution in [0.5, 0.6) is 0 Å². The van der Waals surface area contributed by atoms with Crippen molar-refractivity contribution in [3.05, 3.63) is 35.4 Å². The third-order valence-electron chi connectivity index (χ3n) is 4.57. The van der Waals surface area contributed by atoms with Crippen LogP contribution in [0, 0.1) is 11.8 Å². The van der Waals surface area contributed by atoms with E-state index in [0.717, 1.165) is 42.3 Å². The second-order valence-corrected chi connectivity index (χ2v) is 7.07. The van der Waals surface area contributed by atoms with E-state index in [-0.39, 0.29) is 6.10 Å². The predicted octanol–water partition coefficient (Wildman–Crippen LogP) is 5.16. The number of hydrogen-bond donors (Lipinski definition) is 0. The lowest BCUT2D eigenvalue weighted by Gasteiger charge is -2.16. The highest BCUT2D eigenvalue weighted by molar-refractivity contribution is 9.18. The van der Waals surface area contributed by atoms with Crippen molar-refractivity contribution in [2.45, 2.75) is 44.4 Å². The molecule has 1 aromatic carbocycles. The van der Waals surface area contributed by atoms with Crippen LogP contribution >= 0.6 is 15.9 Å². The Morgan fingerprint density at radius 3 is 2.50 bits per heavy atom. The van der Waals surface area contributed by atoms with Gasteiger partial charge in [-0.25, -0.2) is 0 Å². The van der Waals surface area contributed by atoms with Crippen LogP contribution in [0.1, 0.15) is 36.8 Å². The number of halogens is 4. The first-order valence-corrected chi connectivity index (χ1v) is 8.25. The molecule has 2 nitrogen and oxygen atoms in total. The van der Waals surface area contributed by atoms with Gasteiger partial charge in [-0.1, -0.05) is 17.3 Å². The third kappa shape index (κ3) is 3.65. The molecule has 120 valence electrons. The molecule has 0 aromatic heterocycles. The van der Waals surface area contributed by atoms with Crippen molar-refractivity contribution >= 4 is 20.6 Å². The van der Waals surface area contributed by atoms with E-state index in [1.165, 1.54) is 12.1 Å². The first-order chi connectivity index (χ1) is 10.4. The number of rotatable bonds is 3. The SMILES string of the molecule is FC(F)(F)c1ccc(CC2CC[C@@H](C3CC(Br)=NO3)C2)cc1. The number of hydrogen-bond acceptors (Lipinski definition) is 2.